The first-order chi connectivity index (χ1) is 9.97. The number of hydrogen-bond acceptors (Lipinski definition) is 4. The largest absolute Gasteiger partial charge is 0.330 e. The number of nitrogens with zero attached hydrogens (tertiary/aromatic N) is 2. The average molecular weight is 307 g/mol. The molecule has 1 unspecified atom stereocenters. The lowest BCUT2D eigenvalue weighted by atomic mass is 10.1. The maximum absolute atomic E-state index is 11.7. The van der Waals surface area contributed by atoms with Crippen molar-refractivity contribution in [2.75, 3.05) is 12.8 Å². The number of aryl methyl sites for hydroxylation is 1. The van der Waals surface area contributed by atoms with Gasteiger partial charge in [0.2, 0.25) is 0 Å². The maximum atomic E-state index is 11.7. The Bertz CT molecular complexity index is 757. The molecule has 114 valence electrons. The van der Waals surface area contributed by atoms with Crippen molar-refractivity contribution in [3.63, 3.8) is 0 Å². The second-order valence-corrected chi connectivity index (χ2v) is 7.82. The van der Waals surface area contributed by atoms with Crippen molar-refractivity contribution in [2.24, 2.45) is 7.05 Å². The van der Waals surface area contributed by atoms with Gasteiger partial charge in [0.15, 0.2) is 9.84 Å². The Kier molecular flexibility index (Phi) is 3.75. The number of nitrogens with one attached hydrogen (secondary N) is 1. The molecule has 1 atom stereocenters. The highest BCUT2D eigenvalue weighted by atomic mass is 32.2. The zero-order valence-electron chi connectivity index (χ0n) is 12.5. The fraction of sp³-hybridized carbons (Fsp3) is 0.533. The van der Waals surface area contributed by atoms with Gasteiger partial charge in [0.1, 0.15) is 5.82 Å². The first-order valence-corrected chi connectivity index (χ1v) is 9.26. The van der Waals surface area contributed by atoms with Gasteiger partial charge < -0.3 is 9.88 Å². The zero-order chi connectivity index (χ0) is 15.0. The molecular formula is C15H21N3O2S. The summed E-state index contributed by atoms with van der Waals surface area (Å²) >= 11 is 0. The Labute approximate surface area is 125 Å². The van der Waals surface area contributed by atoms with Gasteiger partial charge in [0.25, 0.3) is 0 Å². The van der Waals surface area contributed by atoms with E-state index in [1.165, 1.54) is 25.5 Å². The molecule has 0 amide bonds. The fourth-order valence-corrected chi connectivity index (χ4v) is 3.63. The van der Waals surface area contributed by atoms with Gasteiger partial charge in [-0.1, -0.05) is 12.8 Å². The molecule has 21 heavy (non-hydrogen) atoms. The minimum absolute atomic E-state index is 0.256. The van der Waals surface area contributed by atoms with Gasteiger partial charge in [0.05, 0.1) is 22.0 Å². The number of aromatic nitrogens is 2. The topological polar surface area (TPSA) is 64.0 Å². The summed E-state index contributed by atoms with van der Waals surface area (Å²) in [6.07, 6.45) is 5.97. The first-order valence-electron chi connectivity index (χ1n) is 7.36. The molecule has 1 saturated heterocycles. The van der Waals surface area contributed by atoms with Crippen molar-refractivity contribution < 1.29 is 8.42 Å². The van der Waals surface area contributed by atoms with E-state index in [1.807, 2.05) is 13.1 Å². The van der Waals surface area contributed by atoms with Gasteiger partial charge in [-0.2, -0.15) is 0 Å². The van der Waals surface area contributed by atoms with E-state index in [2.05, 4.69) is 14.9 Å². The van der Waals surface area contributed by atoms with Crippen molar-refractivity contribution >= 4 is 20.9 Å². The maximum Gasteiger partial charge on any atom is 0.175 e. The number of fused-ring (bicyclic) bond motifs is 1. The third-order valence-corrected chi connectivity index (χ3v) is 5.30. The van der Waals surface area contributed by atoms with Gasteiger partial charge in [-0.25, -0.2) is 13.4 Å². The van der Waals surface area contributed by atoms with E-state index in [1.54, 1.807) is 12.1 Å². The molecule has 0 saturated carbocycles. The van der Waals surface area contributed by atoms with Crippen molar-refractivity contribution in [2.45, 2.75) is 36.6 Å². The summed E-state index contributed by atoms with van der Waals surface area (Å²) in [5, 5.41) is 3.54. The molecule has 0 radical (unpaired) electrons. The minimum Gasteiger partial charge on any atom is -0.330 e. The summed E-state index contributed by atoms with van der Waals surface area (Å²) < 4.78 is 25.4. The van der Waals surface area contributed by atoms with Crippen LogP contribution in [0.5, 0.6) is 0 Å². The predicted molar refractivity (Wildman–Crippen MR) is 83.0 cm³/mol. The Hall–Kier alpha value is -1.40. The summed E-state index contributed by atoms with van der Waals surface area (Å²) in [6.45, 7) is 1.02. The van der Waals surface area contributed by atoms with Crippen molar-refractivity contribution in [1.82, 2.24) is 14.9 Å². The quantitative estimate of drug-likeness (QED) is 0.923. The molecule has 3 rings (SSSR count). The molecule has 0 aliphatic carbocycles. The van der Waals surface area contributed by atoms with E-state index in [0.29, 0.717) is 4.90 Å². The van der Waals surface area contributed by atoms with E-state index in [0.717, 1.165) is 29.8 Å². The zero-order valence-corrected chi connectivity index (χ0v) is 13.3. The van der Waals surface area contributed by atoms with Crippen molar-refractivity contribution in [1.29, 1.82) is 0 Å². The molecule has 2 heterocycles. The van der Waals surface area contributed by atoms with E-state index < -0.39 is 9.84 Å². The first kappa shape index (κ1) is 14.5. The Morgan fingerprint density at radius 3 is 2.86 bits per heavy atom. The lowest BCUT2D eigenvalue weighted by Crippen LogP contribution is -2.23. The summed E-state index contributed by atoms with van der Waals surface area (Å²) in [4.78, 5) is 5.02. The van der Waals surface area contributed by atoms with Crippen LogP contribution in [0.4, 0.5) is 0 Å². The molecule has 1 aromatic carbocycles. The Morgan fingerprint density at radius 2 is 2.10 bits per heavy atom. The van der Waals surface area contributed by atoms with E-state index in [9.17, 15) is 8.42 Å². The second-order valence-electron chi connectivity index (χ2n) is 5.81. The highest BCUT2D eigenvalue weighted by Crippen LogP contribution is 2.26. The van der Waals surface area contributed by atoms with Crippen LogP contribution >= 0.6 is 0 Å². The Morgan fingerprint density at radius 1 is 1.29 bits per heavy atom. The van der Waals surface area contributed by atoms with Crippen molar-refractivity contribution in [3.05, 3.63) is 24.0 Å². The third kappa shape index (κ3) is 2.82. The molecule has 1 fully saturated rings. The van der Waals surface area contributed by atoms with Crippen LogP contribution in [-0.2, 0) is 16.9 Å². The molecule has 1 aliphatic rings. The summed E-state index contributed by atoms with van der Waals surface area (Å²) in [5.74, 6) is 0.998. The van der Waals surface area contributed by atoms with E-state index in [4.69, 9.17) is 0 Å². The lowest BCUT2D eigenvalue weighted by Gasteiger charge is -2.15. The molecule has 5 nitrogen and oxygen atoms in total. The molecule has 2 aromatic rings. The van der Waals surface area contributed by atoms with Crippen LogP contribution < -0.4 is 5.32 Å². The lowest BCUT2D eigenvalue weighted by molar-refractivity contribution is 0.496. The van der Waals surface area contributed by atoms with Crippen LogP contribution in [0.25, 0.3) is 11.0 Å². The molecule has 1 aromatic heterocycles. The monoisotopic (exact) mass is 307 g/mol. The second kappa shape index (κ2) is 5.42. The fourth-order valence-electron chi connectivity index (χ4n) is 2.99. The molecule has 0 spiro atoms. The van der Waals surface area contributed by atoms with Crippen LogP contribution in [0.1, 0.15) is 37.5 Å². The molecule has 1 N–H and O–H groups in total. The van der Waals surface area contributed by atoms with E-state index >= 15 is 0 Å². The normalized spacial score (nSPS) is 20.6. The van der Waals surface area contributed by atoms with E-state index in [-0.39, 0.29) is 6.04 Å². The summed E-state index contributed by atoms with van der Waals surface area (Å²) in [6, 6.07) is 5.43. The van der Waals surface area contributed by atoms with Gasteiger partial charge in [-0.3, -0.25) is 0 Å². The standard InChI is InChI=1S/C15H21N3O2S/c1-18-14-8-7-11(21(2,19)20)10-13(14)17-15(18)12-6-4-3-5-9-16-12/h7-8,10,12,16H,3-6,9H2,1-2H3. The molecule has 6 heteroatoms. The van der Waals surface area contributed by atoms with Crippen LogP contribution in [0.15, 0.2) is 23.1 Å². The molecule has 1 aliphatic heterocycles. The molecule has 0 bridgehead atoms. The summed E-state index contributed by atoms with van der Waals surface area (Å²) in [7, 11) is -1.20. The number of benzene rings is 1. The number of sulfone groups is 1. The van der Waals surface area contributed by atoms with Crippen molar-refractivity contribution in [3.8, 4) is 0 Å². The number of rotatable bonds is 2. The van der Waals surface area contributed by atoms with Crippen LogP contribution in [0, 0.1) is 0 Å². The van der Waals surface area contributed by atoms with Gasteiger partial charge in [0, 0.05) is 13.3 Å². The number of imidazole rings is 1. The van der Waals surface area contributed by atoms with Gasteiger partial charge in [-0.15, -0.1) is 0 Å². The highest BCUT2D eigenvalue weighted by molar-refractivity contribution is 7.90. The van der Waals surface area contributed by atoms with Gasteiger partial charge in [-0.05, 0) is 37.6 Å². The summed E-state index contributed by atoms with van der Waals surface area (Å²) in [5.41, 5.74) is 1.73. The number of hydrogen-bond donors (Lipinski definition) is 1. The van der Waals surface area contributed by atoms with Crippen LogP contribution in [0.2, 0.25) is 0 Å². The highest BCUT2D eigenvalue weighted by Gasteiger charge is 2.20. The smallest absolute Gasteiger partial charge is 0.175 e. The Balaban J connectivity index is 2.06. The minimum atomic E-state index is -3.19. The third-order valence-electron chi connectivity index (χ3n) is 4.19. The predicted octanol–water partition coefficient (Wildman–Crippen LogP) is 2.18. The molecular weight excluding hydrogens is 286 g/mol. The van der Waals surface area contributed by atoms with Crippen LogP contribution in [-0.4, -0.2) is 30.8 Å². The van der Waals surface area contributed by atoms with Crippen LogP contribution in [0.3, 0.4) is 0 Å². The SMILES string of the molecule is Cn1c(C2CCCCCN2)nc2cc(S(C)(=O)=O)ccc21. The van der Waals surface area contributed by atoms with Gasteiger partial charge >= 0.3 is 0 Å². The average Bonchev–Trinajstić information content (AvgIpc) is 2.64.